The second-order valence-corrected chi connectivity index (χ2v) is 6.16. The van der Waals surface area contributed by atoms with Gasteiger partial charge in [0.2, 0.25) is 0 Å². The summed E-state index contributed by atoms with van der Waals surface area (Å²) in [4.78, 5) is 4.19. The molecule has 0 amide bonds. The lowest BCUT2D eigenvalue weighted by atomic mass is 10.2. The number of aryl methyl sites for hydroxylation is 1. The van der Waals surface area contributed by atoms with E-state index in [1.54, 1.807) is 11.3 Å². The summed E-state index contributed by atoms with van der Waals surface area (Å²) in [5.74, 6) is 0.684. The van der Waals surface area contributed by atoms with Crippen molar-refractivity contribution in [2.45, 2.75) is 27.2 Å². The summed E-state index contributed by atoms with van der Waals surface area (Å²) < 4.78 is 0. The quantitative estimate of drug-likeness (QED) is 0.824. The molecule has 0 aliphatic carbocycles. The van der Waals surface area contributed by atoms with Gasteiger partial charge in [0.25, 0.3) is 0 Å². The van der Waals surface area contributed by atoms with E-state index in [4.69, 9.17) is 0 Å². The number of rotatable bonds is 6. The van der Waals surface area contributed by atoms with E-state index in [-0.39, 0.29) is 0 Å². The molecule has 0 saturated carbocycles. The highest BCUT2D eigenvalue weighted by molar-refractivity contribution is 7.14. The van der Waals surface area contributed by atoms with E-state index in [1.165, 1.54) is 0 Å². The topological polar surface area (TPSA) is 50.7 Å². The lowest BCUT2D eigenvalue weighted by Gasteiger charge is -2.05. The first kappa shape index (κ1) is 14.1. The number of nitrogens with one attached hydrogen (secondary N) is 1. The fourth-order valence-corrected chi connectivity index (χ4v) is 2.55. The standard InChI is InChI=1S/C14H20N4S/c1-10(2)7-15-5-4-13-17-18-14(19-13)12-6-11(3)8-16-9-12/h6,8-10,15H,4-5,7H2,1-3H3. The van der Waals surface area contributed by atoms with Crippen LogP contribution in [0, 0.1) is 12.8 Å². The number of hydrogen-bond donors (Lipinski definition) is 1. The van der Waals surface area contributed by atoms with Crippen molar-refractivity contribution in [2.75, 3.05) is 13.1 Å². The van der Waals surface area contributed by atoms with E-state index in [0.29, 0.717) is 5.92 Å². The molecule has 2 aromatic heterocycles. The third-order valence-electron chi connectivity index (χ3n) is 2.66. The van der Waals surface area contributed by atoms with Crippen molar-refractivity contribution in [3.63, 3.8) is 0 Å². The smallest absolute Gasteiger partial charge is 0.149 e. The SMILES string of the molecule is Cc1cncc(-c2nnc(CCNCC(C)C)s2)c1. The highest BCUT2D eigenvalue weighted by atomic mass is 32.1. The summed E-state index contributed by atoms with van der Waals surface area (Å²) in [7, 11) is 0. The minimum Gasteiger partial charge on any atom is -0.316 e. The van der Waals surface area contributed by atoms with Crippen LogP contribution in [0.2, 0.25) is 0 Å². The minimum absolute atomic E-state index is 0.684. The fourth-order valence-electron chi connectivity index (χ4n) is 1.73. The van der Waals surface area contributed by atoms with E-state index in [1.807, 2.05) is 19.3 Å². The predicted octanol–water partition coefficient (Wildman–Crippen LogP) is 2.70. The Kier molecular flexibility index (Phi) is 4.99. The van der Waals surface area contributed by atoms with Crippen LogP contribution < -0.4 is 5.32 Å². The lowest BCUT2D eigenvalue weighted by molar-refractivity contribution is 0.553. The maximum atomic E-state index is 4.24. The van der Waals surface area contributed by atoms with Gasteiger partial charge in [-0.25, -0.2) is 0 Å². The molecule has 0 fully saturated rings. The second kappa shape index (κ2) is 6.73. The summed E-state index contributed by atoms with van der Waals surface area (Å²) in [6.45, 7) is 8.46. The van der Waals surface area contributed by atoms with Crippen molar-refractivity contribution in [2.24, 2.45) is 5.92 Å². The molecule has 0 unspecified atom stereocenters. The van der Waals surface area contributed by atoms with Crippen molar-refractivity contribution in [3.05, 3.63) is 29.0 Å². The second-order valence-electron chi connectivity index (χ2n) is 5.10. The number of hydrogen-bond acceptors (Lipinski definition) is 5. The Morgan fingerprint density at radius 2 is 2.11 bits per heavy atom. The zero-order chi connectivity index (χ0) is 13.7. The highest BCUT2D eigenvalue weighted by Crippen LogP contribution is 2.23. The molecule has 0 bridgehead atoms. The van der Waals surface area contributed by atoms with Crippen LogP contribution >= 0.6 is 11.3 Å². The molecule has 0 spiro atoms. The van der Waals surface area contributed by atoms with Gasteiger partial charge in [0, 0.05) is 30.9 Å². The molecular weight excluding hydrogens is 256 g/mol. The largest absolute Gasteiger partial charge is 0.316 e. The third kappa shape index (κ3) is 4.36. The van der Waals surface area contributed by atoms with Gasteiger partial charge in [-0.15, -0.1) is 10.2 Å². The first-order chi connectivity index (χ1) is 9.15. The van der Waals surface area contributed by atoms with Gasteiger partial charge in [0.1, 0.15) is 10.0 Å². The molecule has 1 N–H and O–H groups in total. The first-order valence-electron chi connectivity index (χ1n) is 6.60. The van der Waals surface area contributed by atoms with E-state index in [2.05, 4.69) is 40.4 Å². The molecule has 0 saturated heterocycles. The Bertz CT molecular complexity index is 522. The van der Waals surface area contributed by atoms with Crippen molar-refractivity contribution in [3.8, 4) is 10.6 Å². The molecule has 2 rings (SSSR count). The summed E-state index contributed by atoms with van der Waals surface area (Å²) in [5, 5.41) is 13.9. The molecule has 0 aliphatic rings. The Morgan fingerprint density at radius 1 is 1.26 bits per heavy atom. The normalized spacial score (nSPS) is 11.2. The zero-order valence-electron chi connectivity index (χ0n) is 11.7. The van der Waals surface area contributed by atoms with E-state index in [0.717, 1.165) is 40.7 Å². The van der Waals surface area contributed by atoms with Gasteiger partial charge in [-0.3, -0.25) is 4.98 Å². The minimum atomic E-state index is 0.684. The third-order valence-corrected chi connectivity index (χ3v) is 3.69. The van der Waals surface area contributed by atoms with E-state index < -0.39 is 0 Å². The molecule has 0 radical (unpaired) electrons. The molecule has 19 heavy (non-hydrogen) atoms. The summed E-state index contributed by atoms with van der Waals surface area (Å²) in [6, 6.07) is 2.09. The van der Waals surface area contributed by atoms with Crippen LogP contribution in [0.3, 0.4) is 0 Å². The average Bonchev–Trinajstić information content (AvgIpc) is 2.83. The lowest BCUT2D eigenvalue weighted by Crippen LogP contribution is -2.22. The Balaban J connectivity index is 1.92. The summed E-state index contributed by atoms with van der Waals surface area (Å²) >= 11 is 1.65. The predicted molar refractivity (Wildman–Crippen MR) is 79.3 cm³/mol. The molecule has 0 aliphatic heterocycles. The average molecular weight is 276 g/mol. The highest BCUT2D eigenvalue weighted by Gasteiger charge is 2.07. The molecule has 0 aromatic carbocycles. The van der Waals surface area contributed by atoms with Gasteiger partial charge in [0.05, 0.1) is 0 Å². The van der Waals surface area contributed by atoms with Gasteiger partial charge in [-0.1, -0.05) is 25.2 Å². The molecule has 0 atom stereocenters. The maximum absolute atomic E-state index is 4.24. The van der Waals surface area contributed by atoms with Crippen LogP contribution in [-0.4, -0.2) is 28.3 Å². The van der Waals surface area contributed by atoms with Crippen LogP contribution in [0.15, 0.2) is 18.5 Å². The monoisotopic (exact) mass is 276 g/mol. The van der Waals surface area contributed by atoms with Gasteiger partial charge in [-0.05, 0) is 31.0 Å². The van der Waals surface area contributed by atoms with Gasteiger partial charge < -0.3 is 5.32 Å². The fraction of sp³-hybridized carbons (Fsp3) is 0.500. The molecule has 5 heteroatoms. The number of pyridine rings is 1. The maximum Gasteiger partial charge on any atom is 0.149 e. The molecular formula is C14H20N4S. The van der Waals surface area contributed by atoms with Crippen molar-refractivity contribution in [1.82, 2.24) is 20.5 Å². The van der Waals surface area contributed by atoms with Crippen LogP contribution in [-0.2, 0) is 6.42 Å². The molecule has 4 nitrogen and oxygen atoms in total. The van der Waals surface area contributed by atoms with Gasteiger partial charge in [0.15, 0.2) is 0 Å². The zero-order valence-corrected chi connectivity index (χ0v) is 12.5. The first-order valence-corrected chi connectivity index (χ1v) is 7.42. The van der Waals surface area contributed by atoms with Crippen LogP contribution in [0.25, 0.3) is 10.6 Å². The van der Waals surface area contributed by atoms with Crippen molar-refractivity contribution >= 4 is 11.3 Å². The number of nitrogens with zero attached hydrogens (tertiary/aromatic N) is 3. The Morgan fingerprint density at radius 3 is 2.84 bits per heavy atom. The Labute approximate surface area is 118 Å². The van der Waals surface area contributed by atoms with E-state index >= 15 is 0 Å². The van der Waals surface area contributed by atoms with Crippen LogP contribution in [0.5, 0.6) is 0 Å². The van der Waals surface area contributed by atoms with Crippen LogP contribution in [0.1, 0.15) is 24.4 Å². The molecule has 102 valence electrons. The van der Waals surface area contributed by atoms with Gasteiger partial charge >= 0.3 is 0 Å². The van der Waals surface area contributed by atoms with E-state index in [9.17, 15) is 0 Å². The molecule has 2 aromatic rings. The van der Waals surface area contributed by atoms with Crippen LogP contribution in [0.4, 0.5) is 0 Å². The molecule has 2 heterocycles. The summed E-state index contributed by atoms with van der Waals surface area (Å²) in [5.41, 5.74) is 2.20. The Hall–Kier alpha value is -1.33. The van der Waals surface area contributed by atoms with Crippen molar-refractivity contribution < 1.29 is 0 Å². The van der Waals surface area contributed by atoms with Gasteiger partial charge in [-0.2, -0.15) is 0 Å². The number of aromatic nitrogens is 3. The summed E-state index contributed by atoms with van der Waals surface area (Å²) in [6.07, 6.45) is 4.62. The van der Waals surface area contributed by atoms with Crippen molar-refractivity contribution in [1.29, 1.82) is 0 Å².